The van der Waals surface area contributed by atoms with E-state index in [0.717, 1.165) is 19.3 Å². The lowest BCUT2D eigenvalue weighted by atomic mass is 9.70. The van der Waals surface area contributed by atoms with Crippen molar-refractivity contribution in [1.82, 2.24) is 0 Å². The largest absolute Gasteiger partial charge is 0.295 e. The number of hydrogen-bond acceptors (Lipinski definition) is 1. The van der Waals surface area contributed by atoms with E-state index in [0.29, 0.717) is 17.1 Å². The highest BCUT2D eigenvalue weighted by molar-refractivity contribution is 5.91. The minimum absolute atomic E-state index is 0.308. The molecule has 0 saturated carbocycles. The molecule has 1 atom stereocenters. The third-order valence-corrected chi connectivity index (χ3v) is 2.93. The molecule has 0 aromatic rings. The molecule has 0 aromatic carbocycles. The van der Waals surface area contributed by atoms with Crippen LogP contribution in [0, 0.1) is 11.3 Å². The van der Waals surface area contributed by atoms with Gasteiger partial charge in [0, 0.05) is 6.42 Å². The van der Waals surface area contributed by atoms with E-state index < -0.39 is 0 Å². The molecule has 13 heavy (non-hydrogen) atoms. The molecular formula is C12H20O. The van der Waals surface area contributed by atoms with Gasteiger partial charge < -0.3 is 0 Å². The van der Waals surface area contributed by atoms with E-state index in [1.165, 1.54) is 5.57 Å². The Labute approximate surface area is 81.2 Å². The molecular weight excluding hydrogens is 160 g/mol. The van der Waals surface area contributed by atoms with Crippen molar-refractivity contribution in [3.63, 3.8) is 0 Å². The van der Waals surface area contributed by atoms with Gasteiger partial charge in [-0.3, -0.25) is 4.79 Å². The molecule has 1 aliphatic rings. The predicted molar refractivity (Wildman–Crippen MR) is 55.6 cm³/mol. The van der Waals surface area contributed by atoms with Gasteiger partial charge in [-0.25, -0.2) is 0 Å². The highest BCUT2D eigenvalue weighted by atomic mass is 16.1. The Morgan fingerprint density at radius 3 is 2.54 bits per heavy atom. The standard InChI is InChI=1S/C12H20O/c1-5-9-8-10(13)6-7-11(9)12(2,3)4/h8,11H,5-7H2,1-4H3. The van der Waals surface area contributed by atoms with E-state index in [-0.39, 0.29) is 0 Å². The number of rotatable bonds is 1. The zero-order valence-corrected chi connectivity index (χ0v) is 9.18. The highest BCUT2D eigenvalue weighted by Crippen LogP contribution is 2.39. The zero-order valence-electron chi connectivity index (χ0n) is 9.18. The summed E-state index contributed by atoms with van der Waals surface area (Å²) in [6.07, 6.45) is 4.68. The van der Waals surface area contributed by atoms with Gasteiger partial charge in [-0.1, -0.05) is 33.3 Å². The van der Waals surface area contributed by atoms with Crippen LogP contribution >= 0.6 is 0 Å². The molecule has 1 unspecified atom stereocenters. The van der Waals surface area contributed by atoms with Gasteiger partial charge >= 0.3 is 0 Å². The van der Waals surface area contributed by atoms with Crippen molar-refractivity contribution in [2.45, 2.75) is 47.0 Å². The second-order valence-electron chi connectivity index (χ2n) is 5.00. The summed E-state index contributed by atoms with van der Waals surface area (Å²) in [7, 11) is 0. The Morgan fingerprint density at radius 2 is 2.08 bits per heavy atom. The lowest BCUT2D eigenvalue weighted by Gasteiger charge is -2.34. The van der Waals surface area contributed by atoms with Crippen LogP contribution in [0.25, 0.3) is 0 Å². The average Bonchev–Trinajstić information content (AvgIpc) is 2.01. The fourth-order valence-corrected chi connectivity index (χ4v) is 2.19. The fourth-order valence-electron chi connectivity index (χ4n) is 2.19. The van der Waals surface area contributed by atoms with E-state index >= 15 is 0 Å². The third-order valence-electron chi connectivity index (χ3n) is 2.93. The van der Waals surface area contributed by atoms with E-state index in [1.807, 2.05) is 6.08 Å². The van der Waals surface area contributed by atoms with Crippen molar-refractivity contribution in [2.24, 2.45) is 11.3 Å². The van der Waals surface area contributed by atoms with Gasteiger partial charge in [-0.05, 0) is 30.3 Å². The summed E-state index contributed by atoms with van der Waals surface area (Å²) in [6.45, 7) is 8.92. The molecule has 0 radical (unpaired) electrons. The molecule has 0 heterocycles. The molecule has 0 aromatic heterocycles. The molecule has 0 saturated heterocycles. The maximum atomic E-state index is 11.2. The van der Waals surface area contributed by atoms with Crippen molar-refractivity contribution in [1.29, 1.82) is 0 Å². The topological polar surface area (TPSA) is 17.1 Å². The van der Waals surface area contributed by atoms with Crippen LogP contribution < -0.4 is 0 Å². The molecule has 1 heteroatoms. The minimum Gasteiger partial charge on any atom is -0.295 e. The lowest BCUT2D eigenvalue weighted by Crippen LogP contribution is -2.26. The average molecular weight is 180 g/mol. The zero-order chi connectivity index (χ0) is 10.1. The van der Waals surface area contributed by atoms with E-state index in [4.69, 9.17) is 0 Å². The predicted octanol–water partition coefficient (Wildman–Crippen LogP) is 3.35. The van der Waals surface area contributed by atoms with Crippen molar-refractivity contribution >= 4 is 5.78 Å². The smallest absolute Gasteiger partial charge is 0.155 e. The Hall–Kier alpha value is -0.590. The lowest BCUT2D eigenvalue weighted by molar-refractivity contribution is -0.115. The van der Waals surface area contributed by atoms with Gasteiger partial charge in [0.2, 0.25) is 0 Å². The first-order valence-electron chi connectivity index (χ1n) is 5.18. The quantitative estimate of drug-likeness (QED) is 0.605. The van der Waals surface area contributed by atoms with Crippen molar-refractivity contribution in [3.8, 4) is 0 Å². The Kier molecular flexibility index (Phi) is 2.94. The van der Waals surface area contributed by atoms with Gasteiger partial charge in [-0.15, -0.1) is 0 Å². The Bertz CT molecular complexity index is 230. The number of carbonyl (C=O) groups is 1. The van der Waals surface area contributed by atoms with Gasteiger partial charge in [0.05, 0.1) is 0 Å². The highest BCUT2D eigenvalue weighted by Gasteiger charge is 2.30. The van der Waals surface area contributed by atoms with E-state index in [2.05, 4.69) is 27.7 Å². The summed E-state index contributed by atoms with van der Waals surface area (Å²) >= 11 is 0. The summed E-state index contributed by atoms with van der Waals surface area (Å²) in [5.41, 5.74) is 1.66. The first-order valence-corrected chi connectivity index (χ1v) is 5.18. The van der Waals surface area contributed by atoms with Crippen LogP contribution in [-0.4, -0.2) is 5.78 Å². The fraction of sp³-hybridized carbons (Fsp3) is 0.750. The summed E-state index contributed by atoms with van der Waals surface area (Å²) in [5, 5.41) is 0. The summed E-state index contributed by atoms with van der Waals surface area (Å²) in [5.74, 6) is 0.924. The molecule has 0 bridgehead atoms. The van der Waals surface area contributed by atoms with Crippen LogP contribution in [0.2, 0.25) is 0 Å². The molecule has 0 amide bonds. The van der Waals surface area contributed by atoms with Crippen LogP contribution in [0.5, 0.6) is 0 Å². The third kappa shape index (κ3) is 2.43. The van der Waals surface area contributed by atoms with E-state index in [1.54, 1.807) is 0 Å². The second kappa shape index (κ2) is 3.65. The van der Waals surface area contributed by atoms with Crippen LogP contribution in [0.15, 0.2) is 11.6 Å². The van der Waals surface area contributed by atoms with Crippen molar-refractivity contribution < 1.29 is 4.79 Å². The summed E-state index contributed by atoms with van der Waals surface area (Å²) in [6, 6.07) is 0. The first kappa shape index (κ1) is 10.5. The first-order chi connectivity index (χ1) is 5.95. The van der Waals surface area contributed by atoms with E-state index in [9.17, 15) is 4.79 Å². The monoisotopic (exact) mass is 180 g/mol. The van der Waals surface area contributed by atoms with Crippen LogP contribution in [-0.2, 0) is 4.79 Å². The molecule has 0 N–H and O–H groups in total. The van der Waals surface area contributed by atoms with Crippen molar-refractivity contribution in [2.75, 3.05) is 0 Å². The number of ketones is 1. The number of carbonyl (C=O) groups excluding carboxylic acids is 1. The van der Waals surface area contributed by atoms with Gasteiger partial charge in [-0.2, -0.15) is 0 Å². The van der Waals surface area contributed by atoms with Gasteiger partial charge in [0.15, 0.2) is 5.78 Å². The summed E-state index contributed by atoms with van der Waals surface area (Å²) in [4.78, 5) is 11.2. The Morgan fingerprint density at radius 1 is 1.46 bits per heavy atom. The van der Waals surface area contributed by atoms with Crippen molar-refractivity contribution in [3.05, 3.63) is 11.6 Å². The molecule has 1 rings (SSSR count). The second-order valence-corrected chi connectivity index (χ2v) is 5.00. The minimum atomic E-state index is 0.308. The Balaban J connectivity index is 2.88. The van der Waals surface area contributed by atoms with Crippen LogP contribution in [0.3, 0.4) is 0 Å². The normalized spacial score (nSPS) is 24.5. The molecule has 0 spiro atoms. The maximum Gasteiger partial charge on any atom is 0.155 e. The molecule has 0 fully saturated rings. The maximum absolute atomic E-state index is 11.2. The molecule has 74 valence electrons. The molecule has 0 aliphatic heterocycles. The number of hydrogen-bond donors (Lipinski definition) is 0. The molecule has 1 aliphatic carbocycles. The summed E-state index contributed by atoms with van der Waals surface area (Å²) < 4.78 is 0. The number of allylic oxidation sites excluding steroid dienone is 2. The van der Waals surface area contributed by atoms with Crippen LogP contribution in [0.4, 0.5) is 0 Å². The van der Waals surface area contributed by atoms with Crippen LogP contribution in [0.1, 0.15) is 47.0 Å². The SMILES string of the molecule is CCC1=CC(=O)CCC1C(C)(C)C. The van der Waals surface area contributed by atoms with Gasteiger partial charge in [0.25, 0.3) is 0 Å². The van der Waals surface area contributed by atoms with Gasteiger partial charge in [0.1, 0.15) is 0 Å². The molecule has 1 nitrogen and oxygen atoms in total.